The molecule has 5 heterocycles. The van der Waals surface area contributed by atoms with Gasteiger partial charge >= 0.3 is 11.9 Å². The van der Waals surface area contributed by atoms with E-state index in [1.165, 1.54) is 18.6 Å². The zero-order valence-corrected chi connectivity index (χ0v) is 55.9. The first-order valence-corrected chi connectivity index (χ1v) is 33.8. The Morgan fingerprint density at radius 2 is 1.18 bits per heavy atom. The van der Waals surface area contributed by atoms with Gasteiger partial charge in [-0.05, 0) is 121 Å². The summed E-state index contributed by atoms with van der Waals surface area (Å²) >= 11 is 0. The van der Waals surface area contributed by atoms with Gasteiger partial charge in [-0.25, -0.2) is 4.79 Å². The molecule has 11 rings (SSSR count). The molecule has 14 N–H and O–H groups in total. The number of ether oxygens (including phenoxy) is 12. The zero-order valence-electron chi connectivity index (χ0n) is 55.9. The van der Waals surface area contributed by atoms with Crippen molar-refractivity contribution in [2.75, 3.05) is 33.5 Å². The van der Waals surface area contributed by atoms with Gasteiger partial charge < -0.3 is 128 Å². The van der Waals surface area contributed by atoms with Crippen LogP contribution >= 0.6 is 0 Å². The fourth-order valence-electron chi connectivity index (χ4n) is 18.7. The molecule has 96 heavy (non-hydrogen) atoms. The minimum Gasteiger partial charge on any atom is -0.497 e. The standard InChI is InChI=1S/C68H102O28/c1-30-44(73)48(77)52(81)59(88-30)95-56-50(79)47(76)37(27-70)90-61(56)96-55-49(78)46(75)36(26-69)89-60(55)91-38-29-87-58(53(82)54(38)94-57-51(80)45(74)35(71)28-86-57)93-41-19-20-65(6)39(64(41,4)5)18-21-67(8)40(65)16-15-33-34-24-63(2,3)42(25-68(34,62(83)84)23-22-66(33,67)7)92-43(72)17-12-31-10-13-32(85-9)14-11-31/h10-15,17,30,34-42,44-61,69-71,73-82H,16,18-29H2,1-9H3,(H,83,84)/b17-12+/t30-,34?,35-,36+,37+,38+,39?,40?,41-,42-,44-,45-,46+,47+,48+,49-,50-,51+,52+,53+,54-,55+,56+,57-,58-,59-,60-,61-,65-,66+,67+,68+/m0/s1. The fraction of sp³-hybridized carbons (Fsp3) is 0.824. The molecule has 0 bridgehead atoms. The lowest BCUT2D eigenvalue weighted by Gasteiger charge is -2.71. The summed E-state index contributed by atoms with van der Waals surface area (Å²) in [5.41, 5.74) is -1.20. The van der Waals surface area contributed by atoms with Crippen LogP contribution in [0, 0.1) is 50.2 Å². The Hall–Kier alpha value is -3.48. The third-order valence-electron chi connectivity index (χ3n) is 24.7. The van der Waals surface area contributed by atoms with E-state index < -0.39 is 208 Å². The molecule has 0 spiro atoms. The largest absolute Gasteiger partial charge is 0.497 e. The average molecular weight is 1370 g/mol. The minimum absolute atomic E-state index is 0.0626. The number of hydrogen-bond acceptors (Lipinski definition) is 27. The summed E-state index contributed by atoms with van der Waals surface area (Å²) in [6.07, 6.45) is -30.8. The fourth-order valence-corrected chi connectivity index (χ4v) is 18.7. The molecule has 3 unspecified atom stereocenters. The Morgan fingerprint density at radius 3 is 1.80 bits per heavy atom. The summed E-state index contributed by atoms with van der Waals surface area (Å²) in [6.45, 7) is 14.1. The monoisotopic (exact) mass is 1370 g/mol. The number of methoxy groups -OCH3 is 1. The highest BCUT2D eigenvalue weighted by Crippen LogP contribution is 2.76. The lowest BCUT2D eigenvalue weighted by molar-refractivity contribution is -0.404. The van der Waals surface area contributed by atoms with Gasteiger partial charge in [-0.2, -0.15) is 0 Å². The van der Waals surface area contributed by atoms with Gasteiger partial charge in [0.1, 0.15) is 116 Å². The number of fused-ring (bicyclic) bond motifs is 7. The highest BCUT2D eigenvalue weighted by Gasteiger charge is 2.71. The number of carboxylic acid groups (broad SMARTS) is 1. The summed E-state index contributed by atoms with van der Waals surface area (Å²) in [5.74, 6) is -0.797. The molecule has 32 atom stereocenters. The average Bonchev–Trinajstić information content (AvgIpc) is 0.675. The van der Waals surface area contributed by atoms with Crippen molar-refractivity contribution in [1.29, 1.82) is 0 Å². The third-order valence-corrected chi connectivity index (χ3v) is 24.7. The maximum atomic E-state index is 13.9. The zero-order chi connectivity index (χ0) is 69.7. The Morgan fingerprint density at radius 1 is 0.583 bits per heavy atom. The van der Waals surface area contributed by atoms with Gasteiger partial charge in [-0.3, -0.25) is 4.79 Å². The third kappa shape index (κ3) is 13.0. The van der Waals surface area contributed by atoms with Gasteiger partial charge in [0, 0.05) is 17.9 Å². The van der Waals surface area contributed by atoms with Crippen molar-refractivity contribution in [3.05, 3.63) is 47.6 Å². The molecule has 28 heteroatoms. The quantitative estimate of drug-likeness (QED) is 0.0419. The Kier molecular flexibility index (Phi) is 21.5. The summed E-state index contributed by atoms with van der Waals surface area (Å²) in [5, 5.41) is 154. The number of carboxylic acids is 1. The molecule has 0 aromatic heterocycles. The number of aliphatic carboxylic acids is 1. The first-order chi connectivity index (χ1) is 45.2. The van der Waals surface area contributed by atoms with E-state index in [0.717, 1.165) is 24.8 Å². The molecule has 4 saturated carbocycles. The van der Waals surface area contributed by atoms with Crippen LogP contribution in [0.1, 0.15) is 119 Å². The summed E-state index contributed by atoms with van der Waals surface area (Å²) in [7, 11) is 1.58. The first kappa shape index (κ1) is 73.7. The molecule has 5 aliphatic carbocycles. The van der Waals surface area contributed by atoms with Gasteiger partial charge in [0.25, 0.3) is 0 Å². The van der Waals surface area contributed by atoms with E-state index in [1.807, 2.05) is 12.1 Å². The second-order valence-corrected chi connectivity index (χ2v) is 30.7. The molecule has 5 aliphatic heterocycles. The normalized spacial score (nSPS) is 49.2. The van der Waals surface area contributed by atoms with Gasteiger partial charge in [0.05, 0.1) is 51.2 Å². The Labute approximate surface area is 557 Å². The second kappa shape index (κ2) is 28.0. The van der Waals surface area contributed by atoms with Crippen LogP contribution in [0.5, 0.6) is 5.75 Å². The van der Waals surface area contributed by atoms with Crippen molar-refractivity contribution in [2.24, 2.45) is 50.2 Å². The number of hydrogen-bond donors (Lipinski definition) is 14. The van der Waals surface area contributed by atoms with E-state index in [2.05, 4.69) is 54.5 Å². The predicted molar refractivity (Wildman–Crippen MR) is 330 cm³/mol. The van der Waals surface area contributed by atoms with E-state index >= 15 is 0 Å². The van der Waals surface area contributed by atoms with Crippen LogP contribution in [-0.2, 0) is 61.7 Å². The summed E-state index contributed by atoms with van der Waals surface area (Å²) in [6, 6.07) is 7.25. The van der Waals surface area contributed by atoms with Gasteiger partial charge in [0.15, 0.2) is 31.5 Å². The lowest BCUT2D eigenvalue weighted by Crippen LogP contribution is -2.68. The molecule has 5 saturated heterocycles. The molecule has 28 nitrogen and oxygen atoms in total. The van der Waals surface area contributed by atoms with E-state index in [9.17, 15) is 81.1 Å². The van der Waals surface area contributed by atoms with Crippen LogP contribution in [0.15, 0.2) is 42.0 Å². The molecule has 1 aromatic rings. The van der Waals surface area contributed by atoms with E-state index in [-0.39, 0.29) is 40.4 Å². The van der Waals surface area contributed by atoms with Gasteiger partial charge in [-0.15, -0.1) is 0 Å². The molecule has 0 amide bonds. The van der Waals surface area contributed by atoms with E-state index in [0.29, 0.717) is 37.9 Å². The van der Waals surface area contributed by atoms with Crippen molar-refractivity contribution >= 4 is 18.0 Å². The number of esters is 1. The summed E-state index contributed by atoms with van der Waals surface area (Å²) < 4.78 is 72.8. The van der Waals surface area contributed by atoms with E-state index in [4.69, 9.17) is 56.8 Å². The first-order valence-electron chi connectivity index (χ1n) is 33.8. The summed E-state index contributed by atoms with van der Waals surface area (Å²) in [4.78, 5) is 27.4. The molecule has 542 valence electrons. The van der Waals surface area contributed by atoms with Crippen LogP contribution in [0.2, 0.25) is 0 Å². The highest BCUT2D eigenvalue weighted by atomic mass is 16.8. The molecular weight excluding hydrogens is 1260 g/mol. The number of allylic oxidation sites excluding steroid dienone is 2. The molecule has 10 aliphatic rings. The van der Waals surface area contributed by atoms with Crippen molar-refractivity contribution < 1.29 is 138 Å². The van der Waals surface area contributed by atoms with E-state index in [1.54, 1.807) is 25.3 Å². The number of carbonyl (C=O) groups is 2. The SMILES string of the molecule is COc1ccc(/C=C/C(=O)O[C@H]2C[C@]3(C(=O)O)CC[C@]4(C)C(=CCC5[C@@]6(C)CC[C@H](O[C@@H]7OC[C@@H](O[C@@H]8O[C@H](CO)[C@@H](O)[C@H](O)[C@H]8O[C@@H]8O[C@H](CO)[C@@H](O)[C@H](O)[C@H]8O[C@@H]8O[C@@H](C)[C@H](O)[C@@H](O)[C@H]8O)[C@H](O[C@@H]8OC[C@H](O)[C@H](O)[C@H]8O)[C@H]7O)C(C)(C)C6CC[C@]54C)C3CC2(C)C)cc1. The highest BCUT2D eigenvalue weighted by molar-refractivity contribution is 5.87. The van der Waals surface area contributed by atoms with Crippen molar-refractivity contribution in [3.63, 3.8) is 0 Å². The van der Waals surface area contributed by atoms with Crippen LogP contribution in [-0.4, -0.2) is 270 Å². The maximum Gasteiger partial charge on any atom is 0.331 e. The smallest absolute Gasteiger partial charge is 0.331 e. The van der Waals surface area contributed by atoms with Crippen molar-refractivity contribution in [1.82, 2.24) is 0 Å². The molecular formula is C68H102O28. The number of benzene rings is 1. The van der Waals surface area contributed by atoms with Crippen LogP contribution in [0.3, 0.4) is 0 Å². The van der Waals surface area contributed by atoms with Crippen LogP contribution < -0.4 is 4.74 Å². The Balaban J connectivity index is 0.815. The minimum atomic E-state index is -2.05. The van der Waals surface area contributed by atoms with Crippen LogP contribution in [0.4, 0.5) is 0 Å². The topological polar surface area (TPSA) is 428 Å². The van der Waals surface area contributed by atoms with Crippen molar-refractivity contribution in [3.8, 4) is 5.75 Å². The van der Waals surface area contributed by atoms with Gasteiger partial charge in [-0.1, -0.05) is 72.2 Å². The maximum absolute atomic E-state index is 13.9. The second-order valence-electron chi connectivity index (χ2n) is 30.7. The number of aliphatic hydroxyl groups is 13. The molecule has 1 aromatic carbocycles. The lowest BCUT2D eigenvalue weighted by atomic mass is 9.33. The molecule has 0 radical (unpaired) electrons. The Bertz CT molecular complexity index is 2930. The number of aliphatic hydroxyl groups excluding tert-OH is 13. The van der Waals surface area contributed by atoms with Crippen molar-refractivity contribution in [2.45, 2.75) is 267 Å². The van der Waals surface area contributed by atoms with Crippen LogP contribution in [0.25, 0.3) is 6.08 Å². The number of rotatable bonds is 17. The number of carbonyl (C=O) groups excluding carboxylic acids is 1. The predicted octanol–water partition coefficient (Wildman–Crippen LogP) is -0.0959. The molecule has 9 fully saturated rings. The van der Waals surface area contributed by atoms with Gasteiger partial charge in [0.2, 0.25) is 0 Å².